The first-order chi connectivity index (χ1) is 18.6. The molecule has 0 aliphatic carbocycles. The monoisotopic (exact) mass is 532 g/mol. The molecule has 39 heavy (non-hydrogen) atoms. The van der Waals surface area contributed by atoms with Gasteiger partial charge in [-0.1, -0.05) is 52.8 Å². The Morgan fingerprint density at radius 1 is 1.03 bits per heavy atom. The van der Waals surface area contributed by atoms with Crippen LogP contribution in [0.4, 0.5) is 11.4 Å². The second kappa shape index (κ2) is 13.6. The van der Waals surface area contributed by atoms with Crippen molar-refractivity contribution in [3.8, 4) is 0 Å². The fourth-order valence-corrected chi connectivity index (χ4v) is 5.27. The number of rotatable bonds is 12. The standard InChI is InChI=1S/C32H44N4O3/c1-7-8-30(31(39)33-23-38)34(6)21-27-19-29(14-11-26(27)22-37)36-17-15-35(16-18-36)28-12-9-25(10-13-28)24(2)20-32(3,4)5/h9-14,19,22-23,30H,2,7-8,15-18,20-21H2,1,3-6H3,(H,33,38,39). The van der Waals surface area contributed by atoms with Crippen LogP contribution >= 0.6 is 0 Å². The summed E-state index contributed by atoms with van der Waals surface area (Å²) in [5, 5.41) is 2.28. The highest BCUT2D eigenvalue weighted by molar-refractivity contribution is 5.90. The average molecular weight is 533 g/mol. The molecule has 1 aliphatic heterocycles. The van der Waals surface area contributed by atoms with Gasteiger partial charge in [0.15, 0.2) is 0 Å². The summed E-state index contributed by atoms with van der Waals surface area (Å²) in [4.78, 5) is 41.7. The van der Waals surface area contributed by atoms with E-state index in [9.17, 15) is 14.4 Å². The van der Waals surface area contributed by atoms with Crippen LogP contribution < -0.4 is 15.1 Å². The molecule has 1 atom stereocenters. The summed E-state index contributed by atoms with van der Waals surface area (Å²) in [5.41, 5.74) is 6.36. The third kappa shape index (κ3) is 8.27. The number of carbonyl (C=O) groups is 3. The molecule has 0 spiro atoms. The maximum atomic E-state index is 12.4. The van der Waals surface area contributed by atoms with Gasteiger partial charge in [-0.25, -0.2) is 0 Å². The van der Waals surface area contributed by atoms with Crippen LogP contribution in [0.3, 0.4) is 0 Å². The molecule has 0 radical (unpaired) electrons. The topological polar surface area (TPSA) is 73.0 Å². The van der Waals surface area contributed by atoms with Crippen LogP contribution in [0.5, 0.6) is 0 Å². The van der Waals surface area contributed by atoms with E-state index in [1.54, 1.807) is 0 Å². The fourth-order valence-electron chi connectivity index (χ4n) is 5.27. The molecule has 7 heteroatoms. The molecular formula is C32H44N4O3. The Hall–Kier alpha value is -3.45. The van der Waals surface area contributed by atoms with E-state index < -0.39 is 6.04 Å². The van der Waals surface area contributed by atoms with Gasteiger partial charge in [-0.3, -0.25) is 24.6 Å². The number of anilines is 2. The molecule has 2 aromatic carbocycles. The maximum Gasteiger partial charge on any atom is 0.243 e. The molecule has 210 valence electrons. The van der Waals surface area contributed by atoms with E-state index in [1.807, 2.05) is 31.0 Å². The smallest absolute Gasteiger partial charge is 0.243 e. The zero-order chi connectivity index (χ0) is 28.6. The van der Waals surface area contributed by atoms with E-state index in [-0.39, 0.29) is 11.3 Å². The minimum absolute atomic E-state index is 0.216. The third-order valence-corrected chi connectivity index (χ3v) is 7.30. The molecule has 3 rings (SSSR count). The van der Waals surface area contributed by atoms with Crippen molar-refractivity contribution in [2.24, 2.45) is 5.41 Å². The molecule has 1 heterocycles. The van der Waals surface area contributed by atoms with Crippen LogP contribution in [0.15, 0.2) is 49.0 Å². The van der Waals surface area contributed by atoms with Gasteiger partial charge in [0.2, 0.25) is 12.3 Å². The summed E-state index contributed by atoms with van der Waals surface area (Å²) in [6, 6.07) is 14.2. The normalized spacial score (nSPS) is 14.7. The van der Waals surface area contributed by atoms with E-state index in [4.69, 9.17) is 0 Å². The van der Waals surface area contributed by atoms with Gasteiger partial charge >= 0.3 is 0 Å². The predicted molar refractivity (Wildman–Crippen MR) is 160 cm³/mol. The molecule has 1 N–H and O–H groups in total. The zero-order valence-electron chi connectivity index (χ0n) is 24.2. The number of likely N-dealkylation sites (N-methyl/N-ethyl adjacent to an activating group) is 1. The lowest BCUT2D eigenvalue weighted by molar-refractivity contribution is -0.129. The van der Waals surface area contributed by atoms with Crippen molar-refractivity contribution in [1.82, 2.24) is 10.2 Å². The second-order valence-electron chi connectivity index (χ2n) is 11.7. The Kier molecular flexibility index (Phi) is 10.5. The predicted octanol–water partition coefficient (Wildman–Crippen LogP) is 5.15. The van der Waals surface area contributed by atoms with Crippen molar-refractivity contribution in [1.29, 1.82) is 0 Å². The summed E-state index contributed by atoms with van der Waals surface area (Å²) in [7, 11) is 1.86. The van der Waals surface area contributed by atoms with Gasteiger partial charge in [-0.05, 0) is 72.3 Å². The number of nitrogens with zero attached hydrogens (tertiary/aromatic N) is 3. The van der Waals surface area contributed by atoms with Gasteiger partial charge in [-0.2, -0.15) is 0 Å². The number of nitrogens with one attached hydrogen (secondary N) is 1. The second-order valence-corrected chi connectivity index (χ2v) is 11.7. The average Bonchev–Trinajstić information content (AvgIpc) is 2.91. The van der Waals surface area contributed by atoms with E-state index in [0.29, 0.717) is 24.9 Å². The highest BCUT2D eigenvalue weighted by Gasteiger charge is 2.24. The Balaban J connectivity index is 1.66. The highest BCUT2D eigenvalue weighted by atomic mass is 16.2. The Morgan fingerprint density at radius 2 is 1.62 bits per heavy atom. The molecule has 1 saturated heterocycles. The molecule has 0 bridgehead atoms. The summed E-state index contributed by atoms with van der Waals surface area (Å²) >= 11 is 0. The van der Waals surface area contributed by atoms with Crippen molar-refractivity contribution in [2.45, 2.75) is 59.5 Å². The van der Waals surface area contributed by atoms with Crippen LogP contribution in [-0.4, -0.2) is 62.8 Å². The summed E-state index contributed by atoms with van der Waals surface area (Å²) in [6.07, 6.45) is 3.69. The largest absolute Gasteiger partial charge is 0.368 e. The Bertz CT molecular complexity index is 1140. The molecule has 1 aliphatic rings. The highest BCUT2D eigenvalue weighted by Crippen LogP contribution is 2.30. The molecule has 7 nitrogen and oxygen atoms in total. The number of hydrogen-bond donors (Lipinski definition) is 1. The number of imide groups is 1. The number of piperazine rings is 1. The lowest BCUT2D eigenvalue weighted by Gasteiger charge is -2.38. The van der Waals surface area contributed by atoms with Crippen molar-refractivity contribution in [3.63, 3.8) is 0 Å². The molecular weight excluding hydrogens is 488 g/mol. The molecule has 0 aromatic heterocycles. The van der Waals surface area contributed by atoms with Crippen molar-refractivity contribution in [3.05, 3.63) is 65.7 Å². The maximum absolute atomic E-state index is 12.4. The van der Waals surface area contributed by atoms with E-state index in [2.05, 4.69) is 72.8 Å². The van der Waals surface area contributed by atoms with Gasteiger partial charge < -0.3 is 9.80 Å². The summed E-state index contributed by atoms with van der Waals surface area (Å²) < 4.78 is 0. The molecule has 0 saturated carbocycles. The third-order valence-electron chi connectivity index (χ3n) is 7.30. The first kappa shape index (κ1) is 30.1. The molecule has 1 unspecified atom stereocenters. The van der Waals surface area contributed by atoms with Crippen molar-refractivity contribution >= 4 is 35.6 Å². The van der Waals surface area contributed by atoms with Gasteiger partial charge in [0, 0.05) is 49.7 Å². The number of aldehydes is 1. The molecule has 2 aromatic rings. The van der Waals surface area contributed by atoms with Crippen LogP contribution in [0.1, 0.15) is 68.4 Å². The number of benzene rings is 2. The van der Waals surface area contributed by atoms with Crippen LogP contribution in [0.2, 0.25) is 0 Å². The number of carbonyl (C=O) groups excluding carboxylic acids is 3. The summed E-state index contributed by atoms with van der Waals surface area (Å²) in [6.45, 7) is 17.0. The minimum Gasteiger partial charge on any atom is -0.368 e. The van der Waals surface area contributed by atoms with Gasteiger partial charge in [-0.15, -0.1) is 0 Å². The van der Waals surface area contributed by atoms with Gasteiger partial charge in [0.25, 0.3) is 0 Å². The Labute approximate surface area is 233 Å². The Morgan fingerprint density at radius 3 is 2.15 bits per heavy atom. The fraction of sp³-hybridized carbons (Fsp3) is 0.469. The molecule has 1 fully saturated rings. The van der Waals surface area contributed by atoms with Crippen molar-refractivity contribution in [2.75, 3.05) is 43.0 Å². The first-order valence-corrected chi connectivity index (χ1v) is 13.9. The van der Waals surface area contributed by atoms with Crippen LogP contribution in [0.25, 0.3) is 5.57 Å². The van der Waals surface area contributed by atoms with E-state index in [1.165, 1.54) is 16.8 Å². The quantitative estimate of drug-likeness (QED) is 0.381. The van der Waals surface area contributed by atoms with Crippen LogP contribution in [-0.2, 0) is 16.1 Å². The van der Waals surface area contributed by atoms with Gasteiger partial charge in [0.05, 0.1) is 6.04 Å². The first-order valence-electron chi connectivity index (χ1n) is 13.9. The molecule has 2 amide bonds. The van der Waals surface area contributed by atoms with E-state index in [0.717, 1.165) is 56.6 Å². The van der Waals surface area contributed by atoms with Crippen molar-refractivity contribution < 1.29 is 14.4 Å². The summed E-state index contributed by atoms with van der Waals surface area (Å²) in [5.74, 6) is -0.319. The number of amides is 2. The minimum atomic E-state index is -0.441. The number of allylic oxidation sites excluding steroid dienone is 1. The number of hydrogen-bond acceptors (Lipinski definition) is 6. The van der Waals surface area contributed by atoms with Gasteiger partial charge in [0.1, 0.15) is 6.29 Å². The van der Waals surface area contributed by atoms with E-state index >= 15 is 0 Å². The lowest BCUT2D eigenvalue weighted by atomic mass is 9.86. The SMILES string of the molecule is C=C(CC(C)(C)C)c1ccc(N2CCN(c3ccc(C=O)c(CN(C)C(CCC)C(=O)NC=O)c3)CC2)cc1. The zero-order valence-corrected chi connectivity index (χ0v) is 24.2. The van der Waals surface area contributed by atoms with Crippen LogP contribution in [0, 0.1) is 5.41 Å². The lowest BCUT2D eigenvalue weighted by Crippen LogP contribution is -2.46.